The molecule has 1 heterocycles. The maximum Gasteiger partial charge on any atom is 0.224 e. The fraction of sp³-hybridized carbons (Fsp3) is 0.412. The van der Waals surface area contributed by atoms with Gasteiger partial charge in [0.2, 0.25) is 5.95 Å². The van der Waals surface area contributed by atoms with Crippen LogP contribution in [-0.2, 0) is 0 Å². The van der Waals surface area contributed by atoms with Gasteiger partial charge in [0.05, 0.1) is 11.4 Å². The molecule has 1 aliphatic carbocycles. The van der Waals surface area contributed by atoms with Gasteiger partial charge in [0.1, 0.15) is 5.82 Å². The zero-order valence-corrected chi connectivity index (χ0v) is 14.7. The van der Waals surface area contributed by atoms with E-state index in [-0.39, 0.29) is 6.61 Å². The standard InChI is InChI=1S/C17H21BrN4O/c1-11-3-6-14(13(18)9-11)20-16-10-15(12-4-5-12)21-17(22-16)19-7-2-8-23/h3,6,9-10,12,23H,2,4-5,7-8H2,1H3,(H2,19,20,21,22). The Labute approximate surface area is 144 Å². The smallest absolute Gasteiger partial charge is 0.224 e. The number of hydrogen-bond donors (Lipinski definition) is 3. The molecule has 0 radical (unpaired) electrons. The number of aromatic nitrogens is 2. The maximum atomic E-state index is 8.90. The van der Waals surface area contributed by atoms with Gasteiger partial charge in [-0.3, -0.25) is 0 Å². The molecule has 0 spiro atoms. The number of halogens is 1. The molecule has 0 unspecified atom stereocenters. The van der Waals surface area contributed by atoms with Gasteiger partial charge in [-0.15, -0.1) is 0 Å². The molecule has 1 aliphatic rings. The third-order valence-electron chi connectivity index (χ3n) is 3.75. The lowest BCUT2D eigenvalue weighted by Gasteiger charge is -2.12. The molecule has 6 heteroatoms. The van der Waals surface area contributed by atoms with Crippen LogP contribution in [0, 0.1) is 6.92 Å². The highest BCUT2D eigenvalue weighted by molar-refractivity contribution is 9.10. The lowest BCUT2D eigenvalue weighted by Crippen LogP contribution is -2.09. The molecule has 122 valence electrons. The first-order valence-corrected chi connectivity index (χ1v) is 8.72. The van der Waals surface area contributed by atoms with Crippen molar-refractivity contribution in [1.82, 2.24) is 9.97 Å². The Morgan fingerprint density at radius 1 is 1.26 bits per heavy atom. The monoisotopic (exact) mass is 376 g/mol. The van der Waals surface area contributed by atoms with Crippen molar-refractivity contribution in [2.24, 2.45) is 0 Å². The van der Waals surface area contributed by atoms with Crippen LogP contribution in [0.3, 0.4) is 0 Å². The first-order valence-electron chi connectivity index (χ1n) is 7.92. The molecule has 0 saturated heterocycles. The van der Waals surface area contributed by atoms with E-state index in [2.05, 4.69) is 55.6 Å². The molecule has 23 heavy (non-hydrogen) atoms. The molecule has 2 aromatic rings. The van der Waals surface area contributed by atoms with Crippen molar-refractivity contribution in [2.45, 2.75) is 32.1 Å². The van der Waals surface area contributed by atoms with Gasteiger partial charge >= 0.3 is 0 Å². The summed E-state index contributed by atoms with van der Waals surface area (Å²) in [7, 11) is 0. The Bertz CT molecular complexity index is 688. The Kier molecular flexibility index (Phi) is 5.13. The van der Waals surface area contributed by atoms with Gasteiger partial charge in [0.15, 0.2) is 0 Å². The normalized spacial score (nSPS) is 13.9. The Hall–Kier alpha value is -1.66. The number of nitrogens with one attached hydrogen (secondary N) is 2. The number of aliphatic hydroxyl groups excluding tert-OH is 1. The molecule has 0 amide bonds. The minimum absolute atomic E-state index is 0.163. The van der Waals surface area contributed by atoms with Gasteiger partial charge in [0, 0.05) is 29.6 Å². The van der Waals surface area contributed by atoms with E-state index in [9.17, 15) is 0 Å². The number of anilines is 3. The van der Waals surface area contributed by atoms with E-state index in [4.69, 9.17) is 5.11 Å². The van der Waals surface area contributed by atoms with Crippen molar-refractivity contribution in [3.05, 3.63) is 40.0 Å². The molecule has 3 N–H and O–H groups in total. The van der Waals surface area contributed by atoms with Crippen LogP contribution in [0.5, 0.6) is 0 Å². The summed E-state index contributed by atoms with van der Waals surface area (Å²) >= 11 is 3.58. The topological polar surface area (TPSA) is 70.1 Å². The zero-order valence-electron chi connectivity index (χ0n) is 13.1. The first-order chi connectivity index (χ1) is 11.2. The van der Waals surface area contributed by atoms with Crippen LogP contribution < -0.4 is 10.6 Å². The number of aliphatic hydroxyl groups is 1. The van der Waals surface area contributed by atoms with Crippen LogP contribution in [0.2, 0.25) is 0 Å². The van der Waals surface area contributed by atoms with E-state index in [0.717, 1.165) is 21.7 Å². The van der Waals surface area contributed by atoms with Gasteiger partial charge in [0.25, 0.3) is 0 Å². The van der Waals surface area contributed by atoms with Gasteiger partial charge in [-0.1, -0.05) is 6.07 Å². The summed E-state index contributed by atoms with van der Waals surface area (Å²) in [5.74, 6) is 1.96. The Balaban J connectivity index is 1.82. The summed E-state index contributed by atoms with van der Waals surface area (Å²) in [6.07, 6.45) is 3.07. The second-order valence-electron chi connectivity index (χ2n) is 5.89. The van der Waals surface area contributed by atoms with Crippen LogP contribution in [0.1, 0.15) is 36.4 Å². The van der Waals surface area contributed by atoms with Crippen molar-refractivity contribution >= 4 is 33.4 Å². The van der Waals surface area contributed by atoms with Crippen molar-refractivity contribution in [3.8, 4) is 0 Å². The molecule has 1 saturated carbocycles. The third kappa shape index (κ3) is 4.42. The highest BCUT2D eigenvalue weighted by atomic mass is 79.9. The van der Waals surface area contributed by atoms with Crippen LogP contribution in [0.4, 0.5) is 17.5 Å². The minimum Gasteiger partial charge on any atom is -0.396 e. The average Bonchev–Trinajstić information content (AvgIpc) is 3.35. The summed E-state index contributed by atoms with van der Waals surface area (Å²) in [6.45, 7) is 2.89. The first kappa shape index (κ1) is 16.2. The SMILES string of the molecule is Cc1ccc(Nc2cc(C3CC3)nc(NCCCO)n2)c(Br)c1. The van der Waals surface area contributed by atoms with Crippen molar-refractivity contribution in [2.75, 3.05) is 23.8 Å². The van der Waals surface area contributed by atoms with Crippen molar-refractivity contribution in [1.29, 1.82) is 0 Å². The molecule has 1 fully saturated rings. The highest BCUT2D eigenvalue weighted by Gasteiger charge is 2.26. The molecular weight excluding hydrogens is 356 g/mol. The van der Waals surface area contributed by atoms with E-state index >= 15 is 0 Å². The third-order valence-corrected chi connectivity index (χ3v) is 4.40. The van der Waals surface area contributed by atoms with E-state index in [1.165, 1.54) is 18.4 Å². The second-order valence-corrected chi connectivity index (χ2v) is 6.74. The van der Waals surface area contributed by atoms with E-state index < -0.39 is 0 Å². The van der Waals surface area contributed by atoms with Crippen LogP contribution >= 0.6 is 15.9 Å². The van der Waals surface area contributed by atoms with Gasteiger partial charge in [-0.2, -0.15) is 4.98 Å². The predicted octanol–water partition coefficient (Wildman–Crippen LogP) is 3.96. The minimum atomic E-state index is 0.163. The quantitative estimate of drug-likeness (QED) is 0.637. The Morgan fingerprint density at radius 3 is 2.78 bits per heavy atom. The van der Waals surface area contributed by atoms with E-state index in [1.807, 2.05) is 12.1 Å². The molecule has 3 rings (SSSR count). The lowest BCUT2D eigenvalue weighted by atomic mass is 10.2. The molecule has 0 atom stereocenters. The van der Waals surface area contributed by atoms with Gasteiger partial charge in [-0.05, 0) is 59.8 Å². The molecule has 0 aliphatic heterocycles. The summed E-state index contributed by atoms with van der Waals surface area (Å²) < 4.78 is 1.01. The fourth-order valence-corrected chi connectivity index (χ4v) is 2.93. The number of aryl methyl sites for hydroxylation is 1. The summed E-state index contributed by atoms with van der Waals surface area (Å²) in [5, 5.41) is 15.5. The van der Waals surface area contributed by atoms with Crippen molar-refractivity contribution < 1.29 is 5.11 Å². The second kappa shape index (κ2) is 7.27. The largest absolute Gasteiger partial charge is 0.396 e. The van der Waals surface area contributed by atoms with Gasteiger partial charge in [-0.25, -0.2) is 4.98 Å². The summed E-state index contributed by atoms with van der Waals surface area (Å²) in [4.78, 5) is 9.13. The van der Waals surface area contributed by atoms with E-state index in [0.29, 0.717) is 24.8 Å². The summed E-state index contributed by atoms with van der Waals surface area (Å²) in [5.41, 5.74) is 3.27. The zero-order chi connectivity index (χ0) is 16.2. The maximum absolute atomic E-state index is 8.90. The number of hydrogen-bond acceptors (Lipinski definition) is 5. The highest BCUT2D eigenvalue weighted by Crippen LogP contribution is 2.40. The van der Waals surface area contributed by atoms with Crippen molar-refractivity contribution in [3.63, 3.8) is 0 Å². The van der Waals surface area contributed by atoms with Crippen LogP contribution in [0.15, 0.2) is 28.7 Å². The molecule has 5 nitrogen and oxygen atoms in total. The fourth-order valence-electron chi connectivity index (χ4n) is 2.34. The molecular formula is C17H21BrN4O. The average molecular weight is 377 g/mol. The number of rotatable bonds is 7. The Morgan fingerprint density at radius 2 is 2.09 bits per heavy atom. The van der Waals surface area contributed by atoms with Crippen LogP contribution in [-0.4, -0.2) is 28.2 Å². The van der Waals surface area contributed by atoms with Crippen LogP contribution in [0.25, 0.3) is 0 Å². The molecule has 0 bridgehead atoms. The van der Waals surface area contributed by atoms with E-state index in [1.54, 1.807) is 0 Å². The number of nitrogens with zero attached hydrogens (tertiary/aromatic N) is 2. The summed E-state index contributed by atoms with van der Waals surface area (Å²) in [6, 6.07) is 8.21. The lowest BCUT2D eigenvalue weighted by molar-refractivity contribution is 0.292. The number of benzene rings is 1. The predicted molar refractivity (Wildman–Crippen MR) is 96.4 cm³/mol. The van der Waals surface area contributed by atoms with Gasteiger partial charge < -0.3 is 15.7 Å². The molecule has 1 aromatic heterocycles. The molecule has 1 aromatic carbocycles.